The second kappa shape index (κ2) is 10.1. The minimum Gasteiger partial charge on any atom is -0.466 e. The lowest BCUT2D eigenvalue weighted by Crippen LogP contribution is -2.23. The lowest BCUT2D eigenvalue weighted by atomic mass is 10.1. The standard InChI is InChI=1S/C20H21FN2O4/c1-2-27-19(25)10-9-18(24)22-13-14-5-3-8-17(11-14)23-20(26)15-6-4-7-16(21)12-15/h3-8,11-12H,2,9-10,13H2,1H3,(H,22,24)(H,23,26). The number of amides is 2. The van der Waals surface area contributed by atoms with E-state index in [-0.39, 0.29) is 37.5 Å². The Balaban J connectivity index is 1.87. The largest absolute Gasteiger partial charge is 0.466 e. The van der Waals surface area contributed by atoms with Crippen molar-refractivity contribution in [3.63, 3.8) is 0 Å². The molecule has 0 unspecified atom stereocenters. The Morgan fingerprint density at radius 1 is 1.04 bits per heavy atom. The number of hydrogen-bond acceptors (Lipinski definition) is 4. The summed E-state index contributed by atoms with van der Waals surface area (Å²) in [5.41, 5.74) is 1.52. The normalized spacial score (nSPS) is 10.1. The van der Waals surface area contributed by atoms with Crippen LogP contribution in [0.5, 0.6) is 0 Å². The van der Waals surface area contributed by atoms with Crippen molar-refractivity contribution in [2.24, 2.45) is 0 Å². The van der Waals surface area contributed by atoms with Crippen molar-refractivity contribution >= 4 is 23.5 Å². The number of anilines is 1. The molecule has 0 atom stereocenters. The Bertz CT molecular complexity index is 823. The minimum absolute atomic E-state index is 0.0312. The predicted octanol–water partition coefficient (Wildman–Crippen LogP) is 3.04. The number of rotatable bonds is 8. The molecule has 0 fully saturated rings. The van der Waals surface area contributed by atoms with Crippen LogP contribution in [0.15, 0.2) is 48.5 Å². The molecule has 0 aliphatic rings. The van der Waals surface area contributed by atoms with Gasteiger partial charge in [0.25, 0.3) is 5.91 Å². The quantitative estimate of drug-likeness (QED) is 0.698. The van der Waals surface area contributed by atoms with Crippen LogP contribution >= 0.6 is 0 Å². The second-order valence-corrected chi connectivity index (χ2v) is 5.75. The topological polar surface area (TPSA) is 84.5 Å². The Morgan fingerprint density at radius 2 is 1.81 bits per heavy atom. The summed E-state index contributed by atoms with van der Waals surface area (Å²) in [7, 11) is 0. The molecule has 142 valence electrons. The fourth-order valence-electron chi connectivity index (χ4n) is 2.33. The fraction of sp³-hybridized carbons (Fsp3) is 0.250. The number of nitrogens with one attached hydrogen (secondary N) is 2. The van der Waals surface area contributed by atoms with Crippen LogP contribution in [-0.2, 0) is 20.9 Å². The Kier molecular flexibility index (Phi) is 7.49. The van der Waals surface area contributed by atoms with E-state index in [0.29, 0.717) is 5.69 Å². The van der Waals surface area contributed by atoms with E-state index in [2.05, 4.69) is 10.6 Å². The van der Waals surface area contributed by atoms with Crippen LogP contribution in [0.1, 0.15) is 35.7 Å². The molecule has 2 N–H and O–H groups in total. The smallest absolute Gasteiger partial charge is 0.306 e. The third-order valence-corrected chi connectivity index (χ3v) is 3.62. The molecule has 2 aromatic rings. The van der Waals surface area contributed by atoms with Crippen molar-refractivity contribution in [2.75, 3.05) is 11.9 Å². The van der Waals surface area contributed by atoms with E-state index in [1.807, 2.05) is 0 Å². The van der Waals surface area contributed by atoms with E-state index in [0.717, 1.165) is 11.6 Å². The number of halogens is 1. The van der Waals surface area contributed by atoms with Gasteiger partial charge in [0.05, 0.1) is 13.0 Å². The van der Waals surface area contributed by atoms with E-state index in [1.54, 1.807) is 31.2 Å². The monoisotopic (exact) mass is 372 g/mol. The Hall–Kier alpha value is -3.22. The molecule has 0 aliphatic heterocycles. The number of hydrogen-bond donors (Lipinski definition) is 2. The van der Waals surface area contributed by atoms with Crippen molar-refractivity contribution in [1.82, 2.24) is 5.32 Å². The van der Waals surface area contributed by atoms with Crippen molar-refractivity contribution < 1.29 is 23.5 Å². The molecule has 0 spiro atoms. The lowest BCUT2D eigenvalue weighted by molar-refractivity contribution is -0.144. The van der Waals surface area contributed by atoms with Gasteiger partial charge in [-0.3, -0.25) is 14.4 Å². The van der Waals surface area contributed by atoms with Crippen LogP contribution in [0.4, 0.5) is 10.1 Å². The maximum Gasteiger partial charge on any atom is 0.306 e. The Morgan fingerprint density at radius 3 is 2.56 bits per heavy atom. The zero-order valence-electron chi connectivity index (χ0n) is 15.0. The third kappa shape index (κ3) is 6.89. The van der Waals surface area contributed by atoms with Gasteiger partial charge in [0.2, 0.25) is 5.91 Å². The summed E-state index contributed by atoms with van der Waals surface area (Å²) in [5, 5.41) is 5.40. The predicted molar refractivity (Wildman–Crippen MR) is 98.5 cm³/mol. The maximum absolute atomic E-state index is 13.2. The highest BCUT2D eigenvalue weighted by Gasteiger charge is 2.09. The summed E-state index contributed by atoms with van der Waals surface area (Å²) < 4.78 is 18.0. The number of ether oxygens (including phenoxy) is 1. The third-order valence-electron chi connectivity index (χ3n) is 3.62. The average molecular weight is 372 g/mol. The summed E-state index contributed by atoms with van der Waals surface area (Å²) in [5.74, 6) is -1.58. The van der Waals surface area contributed by atoms with Gasteiger partial charge in [-0.15, -0.1) is 0 Å². The number of benzene rings is 2. The summed E-state index contributed by atoms with van der Waals surface area (Å²) in [4.78, 5) is 35.2. The number of carbonyl (C=O) groups is 3. The molecule has 6 nitrogen and oxygen atoms in total. The molecule has 0 radical (unpaired) electrons. The van der Waals surface area contributed by atoms with Gasteiger partial charge in [0, 0.05) is 24.2 Å². The maximum atomic E-state index is 13.2. The van der Waals surface area contributed by atoms with E-state index >= 15 is 0 Å². The molecule has 0 aliphatic carbocycles. The SMILES string of the molecule is CCOC(=O)CCC(=O)NCc1cccc(NC(=O)c2cccc(F)c2)c1. The van der Waals surface area contributed by atoms with Crippen molar-refractivity contribution in [2.45, 2.75) is 26.3 Å². The summed E-state index contributed by atoms with van der Waals surface area (Å²) >= 11 is 0. The van der Waals surface area contributed by atoms with Crippen LogP contribution in [0.3, 0.4) is 0 Å². The molecule has 2 aromatic carbocycles. The number of esters is 1. The molecule has 0 saturated heterocycles. The zero-order chi connectivity index (χ0) is 19.6. The highest BCUT2D eigenvalue weighted by Crippen LogP contribution is 2.13. The van der Waals surface area contributed by atoms with Gasteiger partial charge < -0.3 is 15.4 Å². The molecule has 0 saturated carbocycles. The van der Waals surface area contributed by atoms with Gasteiger partial charge in [-0.05, 0) is 42.8 Å². The minimum atomic E-state index is -0.484. The molecule has 0 bridgehead atoms. The van der Waals surface area contributed by atoms with Crippen molar-refractivity contribution in [3.05, 3.63) is 65.5 Å². The zero-order valence-corrected chi connectivity index (χ0v) is 15.0. The highest BCUT2D eigenvalue weighted by molar-refractivity contribution is 6.04. The fourth-order valence-corrected chi connectivity index (χ4v) is 2.33. The summed E-state index contributed by atoms with van der Waals surface area (Å²) in [6.07, 6.45) is 0.0816. The van der Waals surface area contributed by atoms with Crippen molar-refractivity contribution in [1.29, 1.82) is 0 Å². The van der Waals surface area contributed by atoms with E-state index in [4.69, 9.17) is 4.74 Å². The van der Waals surface area contributed by atoms with Gasteiger partial charge in [-0.25, -0.2) is 4.39 Å². The molecule has 7 heteroatoms. The lowest BCUT2D eigenvalue weighted by Gasteiger charge is -2.09. The first-order valence-electron chi connectivity index (χ1n) is 8.56. The second-order valence-electron chi connectivity index (χ2n) is 5.75. The van der Waals surface area contributed by atoms with Gasteiger partial charge in [-0.2, -0.15) is 0 Å². The Labute approximate surface area is 156 Å². The average Bonchev–Trinajstić information content (AvgIpc) is 2.65. The first-order valence-corrected chi connectivity index (χ1v) is 8.56. The molecule has 2 amide bonds. The summed E-state index contributed by atoms with van der Waals surface area (Å²) in [6, 6.07) is 12.3. The number of carbonyl (C=O) groups excluding carboxylic acids is 3. The first kappa shape index (κ1) is 20.1. The van der Waals surface area contributed by atoms with Crippen LogP contribution in [0, 0.1) is 5.82 Å². The van der Waals surface area contributed by atoms with Gasteiger partial charge in [-0.1, -0.05) is 18.2 Å². The van der Waals surface area contributed by atoms with Crippen molar-refractivity contribution in [3.8, 4) is 0 Å². The van der Waals surface area contributed by atoms with Gasteiger partial charge in [0.1, 0.15) is 5.82 Å². The van der Waals surface area contributed by atoms with Crippen LogP contribution in [-0.4, -0.2) is 24.4 Å². The molecule has 0 heterocycles. The molecule has 27 heavy (non-hydrogen) atoms. The van der Waals surface area contributed by atoms with E-state index in [1.165, 1.54) is 18.2 Å². The highest BCUT2D eigenvalue weighted by atomic mass is 19.1. The molecule has 0 aromatic heterocycles. The van der Waals surface area contributed by atoms with Crippen LogP contribution in [0.25, 0.3) is 0 Å². The van der Waals surface area contributed by atoms with Gasteiger partial charge in [0.15, 0.2) is 0 Å². The van der Waals surface area contributed by atoms with Crippen LogP contribution in [0.2, 0.25) is 0 Å². The van der Waals surface area contributed by atoms with E-state index < -0.39 is 17.7 Å². The first-order chi connectivity index (χ1) is 13.0. The van der Waals surface area contributed by atoms with Gasteiger partial charge >= 0.3 is 5.97 Å². The molecular formula is C20H21FN2O4. The molecule has 2 rings (SSSR count). The molecular weight excluding hydrogens is 351 g/mol. The summed E-state index contributed by atoms with van der Waals surface area (Å²) in [6.45, 7) is 2.25. The van der Waals surface area contributed by atoms with Crippen LogP contribution < -0.4 is 10.6 Å². The van der Waals surface area contributed by atoms with E-state index in [9.17, 15) is 18.8 Å².